The highest BCUT2D eigenvalue weighted by Gasteiger charge is 2.21. The number of pyridine rings is 1. The number of aliphatic hydroxyl groups excluding tert-OH is 1. The van der Waals surface area contributed by atoms with E-state index in [9.17, 15) is 9.90 Å². The number of rotatable bonds is 2. The Morgan fingerprint density at radius 2 is 2.00 bits per heavy atom. The Bertz CT molecular complexity index is 596. The van der Waals surface area contributed by atoms with Gasteiger partial charge in [0.05, 0.1) is 6.42 Å². The van der Waals surface area contributed by atoms with Gasteiger partial charge >= 0.3 is 0 Å². The first kappa shape index (κ1) is 10.9. The molecule has 1 amide bonds. The lowest BCUT2D eigenvalue weighted by molar-refractivity contribution is -0.115. The molecular formula is C14H12N2O2. The summed E-state index contributed by atoms with van der Waals surface area (Å²) in [6, 6.07) is 11.2. The molecule has 18 heavy (non-hydrogen) atoms. The van der Waals surface area contributed by atoms with Gasteiger partial charge in [-0.05, 0) is 11.6 Å². The van der Waals surface area contributed by atoms with Gasteiger partial charge in [-0.25, -0.2) is 4.98 Å². The van der Waals surface area contributed by atoms with Crippen molar-refractivity contribution < 1.29 is 9.90 Å². The molecule has 1 aliphatic heterocycles. The molecule has 0 aliphatic carbocycles. The minimum Gasteiger partial charge on any atom is -0.384 e. The first-order valence-corrected chi connectivity index (χ1v) is 5.76. The lowest BCUT2D eigenvalue weighted by Gasteiger charge is -2.11. The summed E-state index contributed by atoms with van der Waals surface area (Å²) < 4.78 is 0. The lowest BCUT2D eigenvalue weighted by Crippen LogP contribution is -2.04. The number of nitrogens with one attached hydrogen (secondary N) is 1. The van der Waals surface area contributed by atoms with E-state index in [0.717, 1.165) is 11.1 Å². The molecule has 1 aliphatic rings. The number of hydrogen-bond donors (Lipinski definition) is 2. The summed E-state index contributed by atoms with van der Waals surface area (Å²) in [6.45, 7) is 0. The van der Waals surface area contributed by atoms with Crippen LogP contribution in [0.3, 0.4) is 0 Å². The molecule has 4 heteroatoms. The van der Waals surface area contributed by atoms with Crippen molar-refractivity contribution in [3.8, 4) is 0 Å². The van der Waals surface area contributed by atoms with Gasteiger partial charge in [0, 0.05) is 17.3 Å². The van der Waals surface area contributed by atoms with Gasteiger partial charge in [0.15, 0.2) is 0 Å². The van der Waals surface area contributed by atoms with Crippen LogP contribution in [0.25, 0.3) is 0 Å². The molecule has 0 saturated heterocycles. The molecule has 0 bridgehead atoms. The van der Waals surface area contributed by atoms with E-state index in [1.165, 1.54) is 0 Å². The van der Waals surface area contributed by atoms with E-state index < -0.39 is 6.10 Å². The summed E-state index contributed by atoms with van der Waals surface area (Å²) in [7, 11) is 0. The summed E-state index contributed by atoms with van der Waals surface area (Å²) >= 11 is 0. The van der Waals surface area contributed by atoms with Crippen LogP contribution >= 0.6 is 0 Å². The van der Waals surface area contributed by atoms with Crippen LogP contribution in [0.15, 0.2) is 42.6 Å². The Balaban J connectivity index is 1.94. The van der Waals surface area contributed by atoms with Crippen LogP contribution in [0.1, 0.15) is 22.8 Å². The number of benzene rings is 1. The molecule has 0 spiro atoms. The molecule has 0 fully saturated rings. The summed E-state index contributed by atoms with van der Waals surface area (Å²) in [4.78, 5) is 15.4. The summed E-state index contributed by atoms with van der Waals surface area (Å²) in [5.41, 5.74) is 2.36. The van der Waals surface area contributed by atoms with Gasteiger partial charge in [0.2, 0.25) is 5.91 Å². The fraction of sp³-hybridized carbons (Fsp3) is 0.143. The molecule has 0 radical (unpaired) electrons. The highest BCUT2D eigenvalue weighted by Crippen LogP contribution is 2.26. The Kier molecular flexibility index (Phi) is 2.57. The predicted octanol–water partition coefficient (Wildman–Crippen LogP) is 1.66. The van der Waals surface area contributed by atoms with Gasteiger partial charge in [-0.1, -0.05) is 30.3 Å². The van der Waals surface area contributed by atoms with Gasteiger partial charge < -0.3 is 10.4 Å². The van der Waals surface area contributed by atoms with E-state index in [-0.39, 0.29) is 5.91 Å². The van der Waals surface area contributed by atoms with Crippen LogP contribution in [0, 0.1) is 0 Å². The zero-order chi connectivity index (χ0) is 12.5. The molecule has 90 valence electrons. The summed E-state index contributed by atoms with van der Waals surface area (Å²) in [6.07, 6.45) is 1.22. The minimum atomic E-state index is -0.709. The molecule has 1 atom stereocenters. The zero-order valence-corrected chi connectivity index (χ0v) is 9.63. The number of hydrogen-bond acceptors (Lipinski definition) is 3. The van der Waals surface area contributed by atoms with E-state index in [0.29, 0.717) is 17.8 Å². The van der Waals surface area contributed by atoms with E-state index in [4.69, 9.17) is 0 Å². The van der Waals surface area contributed by atoms with E-state index in [1.807, 2.05) is 36.4 Å². The van der Waals surface area contributed by atoms with Crippen molar-refractivity contribution in [1.29, 1.82) is 0 Å². The third kappa shape index (κ3) is 1.87. The van der Waals surface area contributed by atoms with E-state index in [2.05, 4.69) is 10.3 Å². The molecule has 1 aromatic heterocycles. The molecule has 2 aromatic rings. The fourth-order valence-electron chi connectivity index (χ4n) is 2.10. The van der Waals surface area contributed by atoms with Crippen molar-refractivity contribution in [3.05, 3.63) is 59.3 Å². The summed E-state index contributed by atoms with van der Waals surface area (Å²) in [5, 5.41) is 12.9. The van der Waals surface area contributed by atoms with Crippen LogP contribution in [-0.2, 0) is 11.2 Å². The molecule has 4 nitrogen and oxygen atoms in total. The highest BCUT2D eigenvalue weighted by atomic mass is 16.3. The minimum absolute atomic E-state index is 0.0520. The van der Waals surface area contributed by atoms with Crippen LogP contribution in [0.2, 0.25) is 0 Å². The van der Waals surface area contributed by atoms with E-state index >= 15 is 0 Å². The smallest absolute Gasteiger partial charge is 0.230 e. The molecule has 2 heterocycles. The van der Waals surface area contributed by atoms with Crippen LogP contribution in [-0.4, -0.2) is 16.0 Å². The predicted molar refractivity (Wildman–Crippen MR) is 67.1 cm³/mol. The van der Waals surface area contributed by atoms with Crippen molar-refractivity contribution in [1.82, 2.24) is 4.98 Å². The second kappa shape index (κ2) is 4.23. The average molecular weight is 240 g/mol. The van der Waals surface area contributed by atoms with Gasteiger partial charge in [-0.3, -0.25) is 4.79 Å². The number of carbonyl (C=O) groups is 1. The zero-order valence-electron chi connectivity index (χ0n) is 9.63. The maximum Gasteiger partial charge on any atom is 0.230 e. The van der Waals surface area contributed by atoms with Crippen molar-refractivity contribution in [2.45, 2.75) is 12.5 Å². The van der Waals surface area contributed by atoms with E-state index in [1.54, 1.807) is 6.20 Å². The molecule has 0 unspecified atom stereocenters. The average Bonchev–Trinajstić information content (AvgIpc) is 2.78. The second-order valence-electron chi connectivity index (χ2n) is 4.31. The molecule has 1 aromatic carbocycles. The Labute approximate surface area is 104 Å². The molecule has 2 N–H and O–H groups in total. The Morgan fingerprint density at radius 3 is 2.78 bits per heavy atom. The van der Waals surface area contributed by atoms with Crippen molar-refractivity contribution in [3.63, 3.8) is 0 Å². The van der Waals surface area contributed by atoms with Gasteiger partial charge in [0.1, 0.15) is 11.9 Å². The number of nitrogens with zero attached hydrogens (tertiary/aromatic N) is 1. The van der Waals surface area contributed by atoms with Crippen LogP contribution in [0.5, 0.6) is 0 Å². The van der Waals surface area contributed by atoms with Gasteiger partial charge in [0.25, 0.3) is 0 Å². The SMILES string of the molecule is O=C1Cc2cc([C@@H](O)c3ccccc3)cnc2N1. The maximum absolute atomic E-state index is 11.2. The molecule has 0 saturated carbocycles. The first-order chi connectivity index (χ1) is 8.74. The number of aliphatic hydroxyl groups is 1. The number of anilines is 1. The third-order valence-electron chi connectivity index (χ3n) is 3.03. The quantitative estimate of drug-likeness (QED) is 0.839. The standard InChI is InChI=1S/C14H12N2O2/c17-12-7-10-6-11(8-15-14(10)16-12)13(18)9-4-2-1-3-5-9/h1-6,8,13,18H,7H2,(H,15,16,17)/t13-/m0/s1. The Morgan fingerprint density at radius 1 is 1.22 bits per heavy atom. The van der Waals surface area contributed by atoms with Crippen molar-refractivity contribution in [2.75, 3.05) is 5.32 Å². The third-order valence-corrected chi connectivity index (χ3v) is 3.03. The highest BCUT2D eigenvalue weighted by molar-refractivity contribution is 5.97. The Hall–Kier alpha value is -2.20. The fourth-order valence-corrected chi connectivity index (χ4v) is 2.10. The van der Waals surface area contributed by atoms with Crippen molar-refractivity contribution in [2.24, 2.45) is 0 Å². The normalized spacial score (nSPS) is 15.1. The maximum atomic E-state index is 11.2. The monoisotopic (exact) mass is 240 g/mol. The largest absolute Gasteiger partial charge is 0.384 e. The van der Waals surface area contributed by atoms with Crippen molar-refractivity contribution >= 4 is 11.7 Å². The molecular weight excluding hydrogens is 228 g/mol. The lowest BCUT2D eigenvalue weighted by atomic mass is 10.0. The topological polar surface area (TPSA) is 62.2 Å². The summed E-state index contributed by atoms with van der Waals surface area (Å²) in [5.74, 6) is 0.549. The van der Waals surface area contributed by atoms with Crippen LogP contribution in [0.4, 0.5) is 5.82 Å². The first-order valence-electron chi connectivity index (χ1n) is 5.76. The number of aromatic nitrogens is 1. The second-order valence-corrected chi connectivity index (χ2v) is 4.31. The number of fused-ring (bicyclic) bond motifs is 1. The number of carbonyl (C=O) groups excluding carboxylic acids is 1. The molecule has 3 rings (SSSR count). The van der Waals surface area contributed by atoms with Crippen LogP contribution < -0.4 is 5.32 Å². The van der Waals surface area contributed by atoms with Gasteiger partial charge in [-0.2, -0.15) is 0 Å². The van der Waals surface area contributed by atoms with Gasteiger partial charge in [-0.15, -0.1) is 0 Å². The number of amides is 1.